The summed E-state index contributed by atoms with van der Waals surface area (Å²) >= 11 is 0. The van der Waals surface area contributed by atoms with Crippen LogP contribution in [0.25, 0.3) is 0 Å². The summed E-state index contributed by atoms with van der Waals surface area (Å²) in [7, 11) is -3.04. The highest BCUT2D eigenvalue weighted by molar-refractivity contribution is 6.99. The van der Waals surface area contributed by atoms with E-state index in [9.17, 15) is 4.79 Å². The first-order chi connectivity index (χ1) is 21.2. The lowest BCUT2D eigenvalue weighted by molar-refractivity contribution is -0.104. The number of carbonyl (C=O) groups is 1. The van der Waals surface area contributed by atoms with Gasteiger partial charge in [0.2, 0.25) is 8.32 Å². The molecule has 0 fully saturated rings. The molecule has 0 amide bonds. The number of hydrogen-bond acceptors (Lipinski definition) is 4. The normalized spacial score (nSPS) is 15.2. The molecule has 0 aliphatic heterocycles. The molecule has 0 heterocycles. The van der Waals surface area contributed by atoms with Crippen molar-refractivity contribution in [2.75, 3.05) is 20.3 Å². The van der Waals surface area contributed by atoms with E-state index in [1.807, 2.05) is 6.08 Å². The number of ether oxygens (including phenoxy) is 1. The molecule has 0 radical (unpaired) electrons. The molecule has 0 aromatic heterocycles. The average molecular weight is 651 g/mol. The fraction of sp³-hybridized carbons (Fsp3) is 0.564. The monoisotopic (exact) mass is 650 g/mol. The summed E-state index contributed by atoms with van der Waals surface area (Å²) in [6.07, 6.45) is 6.29. The molecule has 2 rings (SSSR count). The van der Waals surface area contributed by atoms with Crippen LogP contribution in [0.2, 0.25) is 21.7 Å². The van der Waals surface area contributed by atoms with Gasteiger partial charge in [0.25, 0.3) is 8.32 Å². The number of hydrogen-bond donors (Lipinski definition) is 0. The van der Waals surface area contributed by atoms with Gasteiger partial charge in [-0.05, 0) is 69.4 Å². The van der Waals surface area contributed by atoms with Gasteiger partial charge in [0, 0.05) is 7.11 Å². The van der Waals surface area contributed by atoms with Gasteiger partial charge in [-0.3, -0.25) is 4.79 Å². The molecule has 250 valence electrons. The van der Waals surface area contributed by atoms with Crippen LogP contribution < -0.4 is 10.4 Å². The van der Waals surface area contributed by atoms with Crippen molar-refractivity contribution in [3.8, 4) is 0 Å². The summed E-state index contributed by atoms with van der Waals surface area (Å²) in [5, 5.41) is 2.46. The van der Waals surface area contributed by atoms with Crippen molar-refractivity contribution in [3.05, 3.63) is 84.0 Å². The molecule has 0 saturated heterocycles. The second-order valence-corrected chi connectivity index (χ2v) is 24.4. The molecule has 0 saturated carbocycles. The van der Waals surface area contributed by atoms with E-state index in [0.717, 1.165) is 19.1 Å². The summed E-state index contributed by atoms with van der Waals surface area (Å²) < 4.78 is 20.4. The fourth-order valence-corrected chi connectivity index (χ4v) is 17.6. The molecular formula is C39H62O4Si2. The van der Waals surface area contributed by atoms with Crippen LogP contribution in [-0.4, -0.2) is 49.3 Å². The van der Waals surface area contributed by atoms with Crippen LogP contribution in [0.3, 0.4) is 0 Å². The molecule has 0 N–H and O–H groups in total. The van der Waals surface area contributed by atoms with E-state index in [4.69, 9.17) is 13.6 Å². The van der Waals surface area contributed by atoms with Gasteiger partial charge in [0.15, 0.2) is 0 Å². The van der Waals surface area contributed by atoms with Gasteiger partial charge in [-0.25, -0.2) is 0 Å². The van der Waals surface area contributed by atoms with E-state index in [1.165, 1.54) is 21.5 Å². The Kier molecular flexibility index (Phi) is 15.4. The van der Waals surface area contributed by atoms with E-state index in [-0.39, 0.29) is 17.1 Å². The topological polar surface area (TPSA) is 44.8 Å². The first-order valence-electron chi connectivity index (χ1n) is 16.9. The molecule has 0 bridgehead atoms. The Hall–Kier alpha value is -2.10. The molecule has 6 heteroatoms. The molecule has 0 aliphatic rings. The highest BCUT2D eigenvalue weighted by atomic mass is 28.4. The number of benzene rings is 2. The summed E-state index contributed by atoms with van der Waals surface area (Å²) in [5.41, 5.74) is 3.95. The number of rotatable bonds is 18. The standard InChI is InChI=1S/C39H62O4Si2/c1-30(2)44(31(3)4,32(5)6)43-38(34(8)20-19-27-40)26-25-33(7)35(28-41-12)29-42-45(39(9,10)11,36-21-15-13-16-22-36)37-23-17-14-18-24-37/h13-24,27,30-32,34,38H,25-26,28-29H2,1-12H3/b20-19+,35-33-/t34-,38-/m0/s1. The predicted molar refractivity (Wildman–Crippen MR) is 198 cm³/mol. The molecule has 45 heavy (non-hydrogen) atoms. The Labute approximate surface area is 277 Å². The van der Waals surface area contributed by atoms with Crippen LogP contribution in [0.15, 0.2) is 84.0 Å². The molecule has 0 aliphatic carbocycles. The summed E-state index contributed by atoms with van der Waals surface area (Å²) in [6.45, 7) is 26.4. The van der Waals surface area contributed by atoms with Crippen molar-refractivity contribution in [3.63, 3.8) is 0 Å². The number of allylic oxidation sites excluding steroid dienone is 2. The lowest BCUT2D eigenvalue weighted by Crippen LogP contribution is -2.66. The maximum atomic E-state index is 11.2. The van der Waals surface area contributed by atoms with Crippen LogP contribution >= 0.6 is 0 Å². The van der Waals surface area contributed by atoms with Crippen LogP contribution in [0.5, 0.6) is 0 Å². The number of carbonyl (C=O) groups excluding carboxylic acids is 1. The van der Waals surface area contributed by atoms with Gasteiger partial charge in [-0.1, -0.05) is 142 Å². The largest absolute Gasteiger partial charge is 0.413 e. The van der Waals surface area contributed by atoms with Gasteiger partial charge in [0.05, 0.1) is 19.3 Å². The van der Waals surface area contributed by atoms with Crippen LogP contribution in [-0.2, 0) is 18.4 Å². The van der Waals surface area contributed by atoms with Gasteiger partial charge in [0.1, 0.15) is 6.29 Å². The van der Waals surface area contributed by atoms with Gasteiger partial charge in [-0.2, -0.15) is 0 Å². The van der Waals surface area contributed by atoms with E-state index >= 15 is 0 Å². The first-order valence-corrected chi connectivity index (χ1v) is 20.9. The predicted octanol–water partition coefficient (Wildman–Crippen LogP) is 9.26. The van der Waals surface area contributed by atoms with E-state index in [0.29, 0.717) is 29.8 Å². The molecule has 0 spiro atoms. The zero-order valence-electron chi connectivity index (χ0n) is 30.4. The first kappa shape index (κ1) is 39.1. The van der Waals surface area contributed by atoms with E-state index < -0.39 is 16.6 Å². The van der Waals surface area contributed by atoms with Crippen molar-refractivity contribution in [1.82, 2.24) is 0 Å². The quantitative estimate of drug-likeness (QED) is 0.0698. The van der Waals surface area contributed by atoms with Gasteiger partial charge in [-0.15, -0.1) is 0 Å². The molecule has 2 atom stereocenters. The van der Waals surface area contributed by atoms with Crippen molar-refractivity contribution in [2.24, 2.45) is 5.92 Å². The minimum Gasteiger partial charge on any atom is -0.413 e. The molecular weight excluding hydrogens is 589 g/mol. The third-order valence-corrected chi connectivity index (χ3v) is 20.9. The Morgan fingerprint density at radius 1 is 0.800 bits per heavy atom. The van der Waals surface area contributed by atoms with Gasteiger partial charge < -0.3 is 13.6 Å². The van der Waals surface area contributed by atoms with Crippen molar-refractivity contribution >= 4 is 33.3 Å². The highest BCUT2D eigenvalue weighted by Gasteiger charge is 2.50. The zero-order chi connectivity index (χ0) is 33.8. The van der Waals surface area contributed by atoms with Crippen LogP contribution in [0, 0.1) is 5.92 Å². The van der Waals surface area contributed by atoms with Gasteiger partial charge >= 0.3 is 0 Å². The van der Waals surface area contributed by atoms with Crippen molar-refractivity contribution < 1.29 is 18.4 Å². The summed E-state index contributed by atoms with van der Waals surface area (Å²) in [4.78, 5) is 11.2. The Balaban J connectivity index is 2.51. The maximum Gasteiger partial charge on any atom is 0.261 e. The molecule has 4 nitrogen and oxygen atoms in total. The lowest BCUT2D eigenvalue weighted by Gasteiger charge is -2.45. The Morgan fingerprint density at radius 2 is 1.29 bits per heavy atom. The van der Waals surface area contributed by atoms with Crippen LogP contribution in [0.1, 0.15) is 89.0 Å². The Bertz CT molecular complexity index is 1150. The minimum absolute atomic E-state index is 0.0245. The lowest BCUT2D eigenvalue weighted by atomic mass is 9.96. The second kappa shape index (κ2) is 17.7. The Morgan fingerprint density at radius 3 is 1.69 bits per heavy atom. The SMILES string of the molecule is COC/C(CO[Si](c1ccccc1)(c1ccccc1)C(C)(C)C)=C(\C)CC[C@H](O[Si](C(C)C)(C(C)C)C(C)C)[C@@H](C)/C=C/C=O. The summed E-state index contributed by atoms with van der Waals surface area (Å²) in [5.74, 6) is 0.130. The summed E-state index contributed by atoms with van der Waals surface area (Å²) in [6, 6.07) is 21.6. The molecule has 2 aromatic rings. The average Bonchev–Trinajstić information content (AvgIpc) is 2.99. The van der Waals surface area contributed by atoms with E-state index in [2.05, 4.69) is 137 Å². The minimum atomic E-state index is -2.69. The number of methoxy groups -OCH3 is 1. The van der Waals surface area contributed by atoms with Crippen molar-refractivity contribution in [1.29, 1.82) is 0 Å². The van der Waals surface area contributed by atoms with Crippen molar-refractivity contribution in [2.45, 2.75) is 117 Å². The second-order valence-electron chi connectivity index (χ2n) is 14.7. The molecule has 2 aromatic carbocycles. The molecule has 0 unspecified atom stereocenters. The number of aldehydes is 1. The highest BCUT2D eigenvalue weighted by Crippen LogP contribution is 2.44. The smallest absolute Gasteiger partial charge is 0.261 e. The fourth-order valence-electron chi connectivity index (χ4n) is 7.40. The maximum absolute atomic E-state index is 11.2. The zero-order valence-corrected chi connectivity index (χ0v) is 32.4. The van der Waals surface area contributed by atoms with Crippen LogP contribution in [0.4, 0.5) is 0 Å². The van der Waals surface area contributed by atoms with E-state index in [1.54, 1.807) is 13.2 Å². The third-order valence-electron chi connectivity index (χ3n) is 9.75. The third kappa shape index (κ3) is 9.48.